The van der Waals surface area contributed by atoms with Gasteiger partial charge in [-0.3, -0.25) is 4.79 Å². The third-order valence-corrected chi connectivity index (χ3v) is 3.10. The van der Waals surface area contributed by atoms with Crippen molar-refractivity contribution in [1.29, 1.82) is 0 Å². The minimum absolute atomic E-state index is 0. The summed E-state index contributed by atoms with van der Waals surface area (Å²) in [7, 11) is 0. The van der Waals surface area contributed by atoms with Crippen molar-refractivity contribution in [2.45, 2.75) is 26.3 Å². The Kier molecular flexibility index (Phi) is 10.0. The number of carbonyl (C=O) groups excluding carboxylic acids is 1. The van der Waals surface area contributed by atoms with Crippen molar-refractivity contribution in [1.82, 2.24) is 4.98 Å². The Morgan fingerprint density at radius 2 is 1.84 bits per heavy atom. The number of rotatable bonds is 6. The number of halogens is 3. The van der Waals surface area contributed by atoms with Crippen LogP contribution in [0.5, 0.6) is 11.6 Å². The molecule has 0 bridgehead atoms. The summed E-state index contributed by atoms with van der Waals surface area (Å²) in [6.45, 7) is 4.02. The number of hydrogen-bond donors (Lipinski definition) is 2. The van der Waals surface area contributed by atoms with Gasteiger partial charge in [0.1, 0.15) is 11.6 Å². The molecule has 0 saturated carbocycles. The summed E-state index contributed by atoms with van der Waals surface area (Å²) >= 11 is 0. The summed E-state index contributed by atoms with van der Waals surface area (Å²) in [6.07, 6.45) is 2.10. The Bertz CT molecular complexity index is 652. The van der Waals surface area contributed by atoms with E-state index in [-0.39, 0.29) is 36.5 Å². The van der Waals surface area contributed by atoms with Crippen LogP contribution in [0.4, 0.5) is 10.1 Å². The maximum atomic E-state index is 12.8. The van der Waals surface area contributed by atoms with Gasteiger partial charge in [0.2, 0.25) is 11.8 Å². The van der Waals surface area contributed by atoms with Crippen molar-refractivity contribution >= 4 is 36.4 Å². The summed E-state index contributed by atoms with van der Waals surface area (Å²) in [6, 6.07) is 8.37. The highest BCUT2D eigenvalue weighted by atomic mass is 35.5. The molecule has 2 rings (SSSR count). The number of aromatic nitrogens is 1. The Balaban J connectivity index is 0.00000288. The Labute approximate surface area is 159 Å². The van der Waals surface area contributed by atoms with Crippen LogP contribution in [0.15, 0.2) is 42.6 Å². The molecular weight excluding hydrogens is 368 g/mol. The first-order valence-electron chi connectivity index (χ1n) is 7.40. The molecule has 3 N–H and O–H groups in total. The topological polar surface area (TPSA) is 77.2 Å². The number of hydrogen-bond acceptors (Lipinski definition) is 4. The fourth-order valence-electron chi connectivity index (χ4n) is 1.99. The molecule has 1 aromatic carbocycles. The van der Waals surface area contributed by atoms with Gasteiger partial charge in [0, 0.05) is 6.07 Å². The number of amides is 1. The molecule has 25 heavy (non-hydrogen) atoms. The van der Waals surface area contributed by atoms with Crippen molar-refractivity contribution in [2.75, 3.05) is 5.32 Å². The summed E-state index contributed by atoms with van der Waals surface area (Å²) in [5.41, 5.74) is 6.36. The number of nitrogens with two attached hydrogens (primary N) is 1. The highest BCUT2D eigenvalue weighted by Gasteiger charge is 2.15. The zero-order chi connectivity index (χ0) is 16.8. The molecule has 0 aliphatic heterocycles. The lowest BCUT2D eigenvalue weighted by Gasteiger charge is -2.14. The molecule has 0 unspecified atom stereocenters. The van der Waals surface area contributed by atoms with Gasteiger partial charge in [-0.2, -0.15) is 0 Å². The van der Waals surface area contributed by atoms with E-state index < -0.39 is 6.04 Å². The predicted molar refractivity (Wildman–Crippen MR) is 101 cm³/mol. The molecule has 138 valence electrons. The van der Waals surface area contributed by atoms with E-state index in [4.69, 9.17) is 10.5 Å². The molecule has 5 nitrogen and oxygen atoms in total. The number of nitrogens with zero attached hydrogens (tertiary/aromatic N) is 1. The second kappa shape index (κ2) is 10.9. The molecule has 1 heterocycles. The van der Waals surface area contributed by atoms with Gasteiger partial charge in [0.15, 0.2) is 0 Å². The molecule has 1 amide bonds. The molecule has 1 aromatic heterocycles. The van der Waals surface area contributed by atoms with Crippen LogP contribution >= 0.6 is 24.8 Å². The largest absolute Gasteiger partial charge is 0.439 e. The monoisotopic (exact) mass is 389 g/mol. The van der Waals surface area contributed by atoms with Crippen molar-refractivity contribution in [3.8, 4) is 11.6 Å². The first-order valence-corrected chi connectivity index (χ1v) is 7.40. The molecular formula is C17H22Cl2FN3O2. The zero-order valence-corrected chi connectivity index (χ0v) is 15.6. The van der Waals surface area contributed by atoms with Gasteiger partial charge in [-0.05, 0) is 42.7 Å². The molecule has 8 heteroatoms. The molecule has 0 aliphatic rings. The van der Waals surface area contributed by atoms with Crippen LogP contribution in [-0.4, -0.2) is 16.9 Å². The summed E-state index contributed by atoms with van der Waals surface area (Å²) in [4.78, 5) is 16.0. The fourth-order valence-corrected chi connectivity index (χ4v) is 1.99. The molecule has 2 aromatic rings. The van der Waals surface area contributed by atoms with Crippen LogP contribution in [0.3, 0.4) is 0 Å². The first-order chi connectivity index (χ1) is 10.9. The van der Waals surface area contributed by atoms with E-state index in [0.29, 0.717) is 29.7 Å². The van der Waals surface area contributed by atoms with Crippen LogP contribution in [0.2, 0.25) is 0 Å². The normalized spacial score (nSPS) is 11.1. The number of anilines is 1. The van der Waals surface area contributed by atoms with Gasteiger partial charge in [-0.1, -0.05) is 13.8 Å². The summed E-state index contributed by atoms with van der Waals surface area (Å²) < 4.78 is 18.3. The Hall–Kier alpha value is -1.89. The highest BCUT2D eigenvalue weighted by Crippen LogP contribution is 2.20. The van der Waals surface area contributed by atoms with Gasteiger partial charge in [0.05, 0.1) is 17.9 Å². The van der Waals surface area contributed by atoms with Crippen molar-refractivity contribution in [3.63, 3.8) is 0 Å². The van der Waals surface area contributed by atoms with Crippen molar-refractivity contribution in [2.24, 2.45) is 11.7 Å². The van der Waals surface area contributed by atoms with Gasteiger partial charge in [-0.25, -0.2) is 9.37 Å². The van der Waals surface area contributed by atoms with Gasteiger partial charge < -0.3 is 15.8 Å². The van der Waals surface area contributed by atoms with Crippen LogP contribution in [0.1, 0.15) is 20.3 Å². The lowest BCUT2D eigenvalue weighted by Crippen LogP contribution is -2.36. The SMILES string of the molecule is CC(C)C[C@H](N)C(=O)Nc1ccc(Oc2ccc(F)cc2)nc1.Cl.Cl. The summed E-state index contributed by atoms with van der Waals surface area (Å²) in [5.74, 6) is 0.602. The molecule has 1 atom stereocenters. The number of ether oxygens (including phenoxy) is 1. The molecule has 0 aliphatic carbocycles. The van der Waals surface area contributed by atoms with E-state index in [1.807, 2.05) is 13.8 Å². The number of carbonyl (C=O) groups is 1. The second-order valence-corrected chi connectivity index (χ2v) is 5.67. The maximum Gasteiger partial charge on any atom is 0.241 e. The molecule has 0 saturated heterocycles. The third kappa shape index (κ3) is 7.69. The maximum absolute atomic E-state index is 12.8. The van der Waals surface area contributed by atoms with E-state index in [1.54, 1.807) is 12.1 Å². The lowest BCUT2D eigenvalue weighted by molar-refractivity contribution is -0.117. The van der Waals surface area contributed by atoms with Crippen LogP contribution in [0.25, 0.3) is 0 Å². The van der Waals surface area contributed by atoms with Gasteiger partial charge >= 0.3 is 0 Å². The van der Waals surface area contributed by atoms with Crippen LogP contribution in [0, 0.1) is 11.7 Å². The fraction of sp³-hybridized carbons (Fsp3) is 0.294. The smallest absolute Gasteiger partial charge is 0.241 e. The standard InChI is InChI=1S/C17H20FN3O2.2ClH/c1-11(2)9-15(19)17(22)21-13-5-8-16(20-10-13)23-14-6-3-12(18)4-7-14;;/h3-8,10-11,15H,9,19H2,1-2H3,(H,21,22);2*1H/t15-;;/m0../s1. The van der Waals surface area contributed by atoms with Gasteiger partial charge in [-0.15, -0.1) is 24.8 Å². The minimum Gasteiger partial charge on any atom is -0.439 e. The highest BCUT2D eigenvalue weighted by molar-refractivity contribution is 5.94. The van der Waals surface area contributed by atoms with Crippen molar-refractivity contribution < 1.29 is 13.9 Å². The van der Waals surface area contributed by atoms with Crippen LogP contribution < -0.4 is 15.8 Å². The average Bonchev–Trinajstić information content (AvgIpc) is 2.51. The van der Waals surface area contributed by atoms with E-state index >= 15 is 0 Å². The third-order valence-electron chi connectivity index (χ3n) is 3.10. The van der Waals surface area contributed by atoms with E-state index in [2.05, 4.69) is 10.3 Å². The molecule has 0 fully saturated rings. The average molecular weight is 390 g/mol. The van der Waals surface area contributed by atoms with E-state index in [9.17, 15) is 9.18 Å². The summed E-state index contributed by atoms with van der Waals surface area (Å²) in [5, 5.41) is 2.71. The Morgan fingerprint density at radius 1 is 1.20 bits per heavy atom. The second-order valence-electron chi connectivity index (χ2n) is 5.67. The number of pyridine rings is 1. The van der Waals surface area contributed by atoms with E-state index in [0.717, 1.165) is 0 Å². The minimum atomic E-state index is -0.551. The quantitative estimate of drug-likeness (QED) is 0.776. The van der Waals surface area contributed by atoms with Crippen molar-refractivity contribution in [3.05, 3.63) is 48.4 Å². The molecule has 0 radical (unpaired) electrons. The number of nitrogens with one attached hydrogen (secondary N) is 1. The molecule has 0 spiro atoms. The Morgan fingerprint density at radius 3 is 2.36 bits per heavy atom. The lowest BCUT2D eigenvalue weighted by atomic mass is 10.0. The van der Waals surface area contributed by atoms with Crippen LogP contribution in [-0.2, 0) is 4.79 Å². The number of benzene rings is 1. The van der Waals surface area contributed by atoms with E-state index in [1.165, 1.54) is 30.5 Å². The zero-order valence-electron chi connectivity index (χ0n) is 13.9. The first kappa shape index (κ1) is 23.1. The predicted octanol–water partition coefficient (Wildman–Crippen LogP) is 4.17. The van der Waals surface area contributed by atoms with Gasteiger partial charge in [0.25, 0.3) is 0 Å².